The Morgan fingerprint density at radius 3 is 2.40 bits per heavy atom. The molecule has 1 aromatic rings. The molecule has 0 saturated carbocycles. The van der Waals surface area contributed by atoms with Crippen molar-refractivity contribution in [3.05, 3.63) is 30.3 Å². The third kappa shape index (κ3) is 5.92. The lowest BCUT2D eigenvalue weighted by atomic mass is 9.89. The van der Waals surface area contributed by atoms with Crippen LogP contribution in [0.15, 0.2) is 35.3 Å². The first-order chi connectivity index (χ1) is 11.9. The highest BCUT2D eigenvalue weighted by Crippen LogP contribution is 2.21. The van der Waals surface area contributed by atoms with Crippen LogP contribution in [0.5, 0.6) is 0 Å². The maximum atomic E-state index is 5.61. The van der Waals surface area contributed by atoms with E-state index in [0.717, 1.165) is 38.4 Å². The molecule has 25 heavy (non-hydrogen) atoms. The third-order valence-corrected chi connectivity index (χ3v) is 4.89. The van der Waals surface area contributed by atoms with Crippen LogP contribution >= 0.6 is 0 Å². The Balaban J connectivity index is 1.79. The normalized spacial score (nSPS) is 18.1. The van der Waals surface area contributed by atoms with Gasteiger partial charge in [0.25, 0.3) is 0 Å². The van der Waals surface area contributed by atoms with Crippen molar-refractivity contribution in [2.45, 2.75) is 45.8 Å². The molecular weight excluding hydrogens is 312 g/mol. The Kier molecular flexibility index (Phi) is 7.12. The minimum Gasteiger partial charge on any atom is -0.379 e. The van der Waals surface area contributed by atoms with Gasteiger partial charge in [0.2, 0.25) is 0 Å². The fraction of sp³-hybridized carbons (Fsp3) is 0.650. The number of guanidine groups is 1. The Hall–Kier alpha value is -1.75. The first kappa shape index (κ1) is 19.6. The molecule has 2 rings (SSSR count). The Morgan fingerprint density at radius 2 is 1.88 bits per heavy atom. The van der Waals surface area contributed by atoms with Gasteiger partial charge in [0.05, 0.1) is 6.10 Å². The molecule has 1 aliphatic heterocycles. The van der Waals surface area contributed by atoms with Crippen molar-refractivity contribution in [3.8, 4) is 0 Å². The minimum absolute atomic E-state index is 0.0988. The zero-order valence-corrected chi connectivity index (χ0v) is 16.4. The van der Waals surface area contributed by atoms with Gasteiger partial charge in [-0.2, -0.15) is 0 Å². The summed E-state index contributed by atoms with van der Waals surface area (Å²) in [4.78, 5) is 6.83. The number of piperidine rings is 1. The summed E-state index contributed by atoms with van der Waals surface area (Å²) in [5.74, 6) is 0.865. The Bertz CT molecular complexity index is 530. The van der Waals surface area contributed by atoms with Crippen LogP contribution < -0.4 is 15.5 Å². The fourth-order valence-electron chi connectivity index (χ4n) is 3.24. The van der Waals surface area contributed by atoms with E-state index in [0.29, 0.717) is 6.04 Å². The number of benzene rings is 1. The van der Waals surface area contributed by atoms with E-state index in [1.54, 1.807) is 7.11 Å². The zero-order valence-electron chi connectivity index (χ0n) is 16.4. The van der Waals surface area contributed by atoms with Gasteiger partial charge in [-0.15, -0.1) is 0 Å². The van der Waals surface area contributed by atoms with Gasteiger partial charge in [-0.1, -0.05) is 39.0 Å². The predicted molar refractivity (Wildman–Crippen MR) is 106 cm³/mol. The smallest absolute Gasteiger partial charge is 0.191 e. The molecule has 1 saturated heterocycles. The SMILES string of the molecule is CN=C(NCC(OC)C(C)(C)C)NC1CCN(c2ccccc2)CC1. The average Bonchev–Trinajstić information content (AvgIpc) is 2.61. The number of aliphatic imine (C=N–C) groups is 1. The summed E-state index contributed by atoms with van der Waals surface area (Å²) in [6.45, 7) is 9.47. The standard InChI is InChI=1S/C20H34N4O/c1-20(2,3)18(25-5)15-22-19(21-4)23-16-11-13-24(14-12-16)17-9-7-6-8-10-17/h6-10,16,18H,11-15H2,1-5H3,(H2,21,22,23). The first-order valence-electron chi connectivity index (χ1n) is 9.24. The molecule has 2 N–H and O–H groups in total. The van der Waals surface area contributed by atoms with Crippen molar-refractivity contribution in [3.63, 3.8) is 0 Å². The monoisotopic (exact) mass is 346 g/mol. The summed E-state index contributed by atoms with van der Waals surface area (Å²) in [5.41, 5.74) is 1.42. The molecule has 140 valence electrons. The summed E-state index contributed by atoms with van der Waals surface area (Å²) in [6.07, 6.45) is 2.37. The van der Waals surface area contributed by atoms with Crippen LogP contribution in [0.25, 0.3) is 0 Å². The second kappa shape index (κ2) is 9.09. The van der Waals surface area contributed by atoms with Crippen molar-refractivity contribution in [1.29, 1.82) is 0 Å². The third-order valence-electron chi connectivity index (χ3n) is 4.89. The van der Waals surface area contributed by atoms with E-state index in [2.05, 4.69) is 71.6 Å². The molecule has 1 heterocycles. The Morgan fingerprint density at radius 1 is 1.24 bits per heavy atom. The van der Waals surface area contributed by atoms with Crippen LogP contribution in [0.3, 0.4) is 0 Å². The maximum absolute atomic E-state index is 5.61. The molecule has 1 unspecified atom stereocenters. The molecule has 1 aromatic carbocycles. The van der Waals surface area contributed by atoms with Crippen LogP contribution in [0.4, 0.5) is 5.69 Å². The van der Waals surface area contributed by atoms with Crippen LogP contribution in [0.2, 0.25) is 0 Å². The molecule has 0 aliphatic carbocycles. The maximum Gasteiger partial charge on any atom is 0.191 e. The van der Waals surface area contributed by atoms with Crippen molar-refractivity contribution < 1.29 is 4.74 Å². The lowest BCUT2D eigenvalue weighted by Crippen LogP contribution is -2.51. The molecule has 0 bridgehead atoms. The molecule has 0 amide bonds. The van der Waals surface area contributed by atoms with Crippen LogP contribution in [0.1, 0.15) is 33.6 Å². The molecule has 1 aliphatic rings. The quantitative estimate of drug-likeness (QED) is 0.636. The molecule has 0 radical (unpaired) electrons. The molecular formula is C20H34N4O. The van der Waals surface area contributed by atoms with Gasteiger partial charge in [-0.25, -0.2) is 0 Å². The van der Waals surface area contributed by atoms with E-state index in [9.17, 15) is 0 Å². The van der Waals surface area contributed by atoms with Gasteiger partial charge in [0.1, 0.15) is 0 Å². The molecule has 0 spiro atoms. The van der Waals surface area contributed by atoms with Crippen LogP contribution in [0, 0.1) is 5.41 Å². The van der Waals surface area contributed by atoms with E-state index in [1.807, 2.05) is 7.05 Å². The number of methoxy groups -OCH3 is 1. The number of hydrogen-bond acceptors (Lipinski definition) is 3. The predicted octanol–water partition coefficient (Wildman–Crippen LogP) is 2.88. The number of nitrogens with zero attached hydrogens (tertiary/aromatic N) is 2. The second-order valence-electron chi connectivity index (χ2n) is 7.78. The molecule has 1 fully saturated rings. The van der Waals surface area contributed by atoms with Gasteiger partial charge in [-0.3, -0.25) is 4.99 Å². The van der Waals surface area contributed by atoms with E-state index in [1.165, 1.54) is 5.69 Å². The van der Waals surface area contributed by atoms with Crippen LogP contribution in [-0.4, -0.2) is 51.9 Å². The van der Waals surface area contributed by atoms with E-state index >= 15 is 0 Å². The number of ether oxygens (including phenoxy) is 1. The number of anilines is 1. The lowest BCUT2D eigenvalue weighted by Gasteiger charge is -2.35. The van der Waals surface area contributed by atoms with Crippen molar-refractivity contribution >= 4 is 11.6 Å². The summed E-state index contributed by atoms with van der Waals surface area (Å²) < 4.78 is 5.61. The highest BCUT2D eigenvalue weighted by Gasteiger charge is 2.25. The number of hydrogen-bond donors (Lipinski definition) is 2. The van der Waals surface area contributed by atoms with Crippen molar-refractivity contribution in [1.82, 2.24) is 10.6 Å². The highest BCUT2D eigenvalue weighted by atomic mass is 16.5. The Labute approximate surface area is 152 Å². The molecule has 5 heteroatoms. The molecule has 5 nitrogen and oxygen atoms in total. The first-order valence-corrected chi connectivity index (χ1v) is 9.24. The summed E-state index contributed by atoms with van der Waals surface area (Å²) >= 11 is 0. The van der Waals surface area contributed by atoms with Gasteiger partial charge >= 0.3 is 0 Å². The van der Waals surface area contributed by atoms with Gasteiger partial charge < -0.3 is 20.3 Å². The average molecular weight is 347 g/mol. The van der Waals surface area contributed by atoms with Crippen molar-refractivity contribution in [2.24, 2.45) is 10.4 Å². The van der Waals surface area contributed by atoms with E-state index in [4.69, 9.17) is 4.74 Å². The van der Waals surface area contributed by atoms with Gasteiger partial charge in [-0.05, 0) is 30.4 Å². The number of nitrogens with one attached hydrogen (secondary N) is 2. The van der Waals surface area contributed by atoms with Gasteiger partial charge in [0, 0.05) is 45.5 Å². The van der Waals surface area contributed by atoms with Crippen molar-refractivity contribution in [2.75, 3.05) is 38.7 Å². The summed E-state index contributed by atoms with van der Waals surface area (Å²) in [6, 6.07) is 11.1. The molecule has 0 aromatic heterocycles. The van der Waals surface area contributed by atoms with E-state index in [-0.39, 0.29) is 11.5 Å². The molecule has 1 atom stereocenters. The number of para-hydroxylation sites is 1. The van der Waals surface area contributed by atoms with Crippen LogP contribution in [-0.2, 0) is 4.74 Å². The summed E-state index contributed by atoms with van der Waals surface area (Å²) in [5, 5.41) is 6.98. The summed E-state index contributed by atoms with van der Waals surface area (Å²) in [7, 11) is 3.60. The largest absolute Gasteiger partial charge is 0.379 e. The fourth-order valence-corrected chi connectivity index (χ4v) is 3.24. The second-order valence-corrected chi connectivity index (χ2v) is 7.78. The highest BCUT2D eigenvalue weighted by molar-refractivity contribution is 5.80. The minimum atomic E-state index is 0.0988. The zero-order chi connectivity index (χ0) is 18.3. The van der Waals surface area contributed by atoms with Gasteiger partial charge in [0.15, 0.2) is 5.96 Å². The topological polar surface area (TPSA) is 48.9 Å². The number of rotatable bonds is 5. The van der Waals surface area contributed by atoms with E-state index < -0.39 is 0 Å². The lowest BCUT2D eigenvalue weighted by molar-refractivity contribution is 0.0205.